The average Bonchev–Trinajstić information content (AvgIpc) is 2.49. The fraction of sp³-hybridized carbons (Fsp3) is 0.222. The molecule has 0 spiro atoms. The molecule has 1 aliphatic rings. The molecule has 0 unspecified atom stereocenters. The minimum absolute atomic E-state index is 0.00421. The Morgan fingerprint density at radius 2 is 2.33 bits per heavy atom. The van der Waals surface area contributed by atoms with Crippen LogP contribution in [0.5, 0.6) is 0 Å². The number of rotatable bonds is 2. The molecule has 1 saturated heterocycles. The van der Waals surface area contributed by atoms with Crippen LogP contribution in [0.3, 0.4) is 0 Å². The number of aromatic nitrogens is 1. The molecule has 15 heavy (non-hydrogen) atoms. The molecule has 1 N–H and O–H groups in total. The van der Waals surface area contributed by atoms with Gasteiger partial charge in [0.1, 0.15) is 12.4 Å². The van der Waals surface area contributed by atoms with Gasteiger partial charge in [0.05, 0.1) is 12.2 Å². The maximum absolute atomic E-state index is 13.2. The van der Waals surface area contributed by atoms with Crippen molar-refractivity contribution < 1.29 is 14.0 Å². The van der Waals surface area contributed by atoms with Gasteiger partial charge in [0.2, 0.25) is 5.91 Å². The summed E-state index contributed by atoms with van der Waals surface area (Å²) in [6.07, 6.45) is 1.44. The normalized spacial score (nSPS) is 15.7. The Morgan fingerprint density at radius 1 is 1.53 bits per heavy atom. The Labute approximate surface area is 84.9 Å². The summed E-state index contributed by atoms with van der Waals surface area (Å²) in [5.74, 6) is -0.860. The summed E-state index contributed by atoms with van der Waals surface area (Å²) in [5, 5.41) is 2.10. The fourth-order valence-electron chi connectivity index (χ4n) is 1.33. The van der Waals surface area contributed by atoms with Crippen LogP contribution < -0.4 is 5.32 Å². The highest BCUT2D eigenvalue weighted by Crippen LogP contribution is 2.08. The van der Waals surface area contributed by atoms with Crippen LogP contribution in [-0.2, 0) is 11.3 Å². The molecule has 5 nitrogen and oxygen atoms in total. The van der Waals surface area contributed by atoms with E-state index in [9.17, 15) is 14.0 Å². The number of hydrogen-bond acceptors (Lipinski definition) is 3. The molecule has 0 radical (unpaired) electrons. The lowest BCUT2D eigenvalue weighted by molar-refractivity contribution is -0.118. The molecule has 0 atom stereocenters. The second kappa shape index (κ2) is 3.64. The van der Waals surface area contributed by atoms with Gasteiger partial charge in [-0.05, 0) is 12.1 Å². The molecule has 1 aliphatic heterocycles. The molecule has 0 aliphatic carbocycles. The molecule has 0 bridgehead atoms. The number of amides is 3. The highest BCUT2D eigenvalue weighted by molar-refractivity contribution is 6.01. The van der Waals surface area contributed by atoms with Gasteiger partial charge in [-0.25, -0.2) is 9.18 Å². The SMILES string of the molecule is O=C1CN(Cc2ncccc2F)C(=O)N1. The lowest BCUT2D eigenvalue weighted by Crippen LogP contribution is -2.28. The molecule has 3 amide bonds. The zero-order chi connectivity index (χ0) is 10.8. The summed E-state index contributed by atoms with van der Waals surface area (Å²) in [6.45, 7) is -0.0426. The second-order valence-electron chi connectivity index (χ2n) is 3.14. The minimum Gasteiger partial charge on any atom is -0.309 e. The minimum atomic E-state index is -0.509. The molecular weight excluding hydrogens is 201 g/mol. The van der Waals surface area contributed by atoms with Crippen LogP contribution in [0.1, 0.15) is 5.69 Å². The number of urea groups is 1. The van der Waals surface area contributed by atoms with Gasteiger partial charge < -0.3 is 4.90 Å². The van der Waals surface area contributed by atoms with Crippen LogP contribution in [0.2, 0.25) is 0 Å². The fourth-order valence-corrected chi connectivity index (χ4v) is 1.33. The summed E-state index contributed by atoms with van der Waals surface area (Å²) in [5.41, 5.74) is 0.155. The van der Waals surface area contributed by atoms with Gasteiger partial charge in [-0.15, -0.1) is 0 Å². The molecule has 1 aromatic rings. The van der Waals surface area contributed by atoms with Gasteiger partial charge in [0.15, 0.2) is 0 Å². The van der Waals surface area contributed by atoms with Gasteiger partial charge in [0.25, 0.3) is 0 Å². The summed E-state index contributed by atoms with van der Waals surface area (Å²) in [6, 6.07) is 2.22. The largest absolute Gasteiger partial charge is 0.324 e. The van der Waals surface area contributed by atoms with Gasteiger partial charge in [-0.2, -0.15) is 0 Å². The van der Waals surface area contributed by atoms with Crippen molar-refractivity contribution in [3.8, 4) is 0 Å². The average molecular weight is 209 g/mol. The predicted octanol–water partition coefficient (Wildman–Crippen LogP) is 0.273. The van der Waals surface area contributed by atoms with Crippen molar-refractivity contribution in [3.63, 3.8) is 0 Å². The number of nitrogens with one attached hydrogen (secondary N) is 1. The lowest BCUT2D eigenvalue weighted by Gasteiger charge is -2.12. The maximum Gasteiger partial charge on any atom is 0.324 e. The van der Waals surface area contributed by atoms with Crippen molar-refractivity contribution in [1.82, 2.24) is 15.2 Å². The molecular formula is C9H8FN3O2. The third-order valence-electron chi connectivity index (χ3n) is 2.04. The zero-order valence-electron chi connectivity index (χ0n) is 7.74. The summed E-state index contributed by atoms with van der Waals surface area (Å²) >= 11 is 0. The molecule has 1 fully saturated rings. The molecule has 6 heteroatoms. The Morgan fingerprint density at radius 3 is 2.93 bits per heavy atom. The van der Waals surface area contributed by atoms with Crippen molar-refractivity contribution in [2.75, 3.05) is 6.54 Å². The Kier molecular flexibility index (Phi) is 2.32. The summed E-state index contributed by atoms with van der Waals surface area (Å²) in [4.78, 5) is 27.0. The third-order valence-corrected chi connectivity index (χ3v) is 2.04. The van der Waals surface area contributed by atoms with Gasteiger partial charge in [0, 0.05) is 6.20 Å². The number of imide groups is 1. The summed E-state index contributed by atoms with van der Waals surface area (Å²) < 4.78 is 13.2. The maximum atomic E-state index is 13.2. The van der Waals surface area contributed by atoms with Crippen LogP contribution in [0.4, 0.5) is 9.18 Å². The number of carbonyl (C=O) groups excluding carboxylic acids is 2. The number of halogens is 1. The second-order valence-corrected chi connectivity index (χ2v) is 3.14. The van der Waals surface area contributed by atoms with E-state index in [-0.39, 0.29) is 24.7 Å². The van der Waals surface area contributed by atoms with E-state index in [4.69, 9.17) is 0 Å². The van der Waals surface area contributed by atoms with Crippen LogP contribution in [0.15, 0.2) is 18.3 Å². The first-order valence-electron chi connectivity index (χ1n) is 4.35. The van der Waals surface area contributed by atoms with Crippen LogP contribution in [0.25, 0.3) is 0 Å². The van der Waals surface area contributed by atoms with Crippen molar-refractivity contribution >= 4 is 11.9 Å². The zero-order valence-corrected chi connectivity index (χ0v) is 7.74. The van der Waals surface area contributed by atoms with E-state index in [0.717, 1.165) is 0 Å². The van der Waals surface area contributed by atoms with Gasteiger partial charge in [-0.3, -0.25) is 15.1 Å². The van der Waals surface area contributed by atoms with Crippen LogP contribution >= 0.6 is 0 Å². The van der Waals surface area contributed by atoms with Gasteiger partial charge in [-0.1, -0.05) is 0 Å². The number of hydrogen-bond donors (Lipinski definition) is 1. The molecule has 1 aromatic heterocycles. The summed E-state index contributed by atoms with van der Waals surface area (Å²) in [7, 11) is 0. The number of pyridine rings is 1. The number of carbonyl (C=O) groups is 2. The monoisotopic (exact) mass is 209 g/mol. The third kappa shape index (κ3) is 1.93. The van der Waals surface area contributed by atoms with E-state index in [1.54, 1.807) is 0 Å². The van der Waals surface area contributed by atoms with E-state index in [2.05, 4.69) is 10.3 Å². The predicted molar refractivity (Wildman–Crippen MR) is 48.1 cm³/mol. The smallest absolute Gasteiger partial charge is 0.309 e. The van der Waals surface area contributed by atoms with Crippen molar-refractivity contribution in [2.24, 2.45) is 0 Å². The van der Waals surface area contributed by atoms with Gasteiger partial charge >= 0.3 is 6.03 Å². The first-order valence-corrected chi connectivity index (χ1v) is 4.35. The van der Waals surface area contributed by atoms with E-state index in [1.807, 2.05) is 0 Å². The topological polar surface area (TPSA) is 62.3 Å². The molecule has 78 valence electrons. The van der Waals surface area contributed by atoms with E-state index in [1.165, 1.54) is 23.2 Å². The molecule has 2 rings (SSSR count). The van der Waals surface area contributed by atoms with Crippen molar-refractivity contribution in [2.45, 2.75) is 6.54 Å². The van der Waals surface area contributed by atoms with E-state index >= 15 is 0 Å². The number of nitrogens with zero attached hydrogens (tertiary/aromatic N) is 2. The molecule has 0 aromatic carbocycles. The Hall–Kier alpha value is -1.98. The highest BCUT2D eigenvalue weighted by atomic mass is 19.1. The van der Waals surface area contributed by atoms with Crippen molar-refractivity contribution in [1.29, 1.82) is 0 Å². The first kappa shape index (κ1) is 9.57. The quantitative estimate of drug-likeness (QED) is 0.711. The van der Waals surface area contributed by atoms with Crippen LogP contribution in [-0.4, -0.2) is 28.4 Å². The van der Waals surface area contributed by atoms with E-state index < -0.39 is 11.8 Å². The molecule has 0 saturated carbocycles. The highest BCUT2D eigenvalue weighted by Gasteiger charge is 2.27. The van der Waals surface area contributed by atoms with E-state index in [0.29, 0.717) is 0 Å². The Balaban J connectivity index is 2.13. The lowest BCUT2D eigenvalue weighted by atomic mass is 10.3. The standard InChI is InChI=1S/C9H8FN3O2/c10-6-2-1-3-11-7(6)4-13-5-8(14)12-9(13)15/h1-3H,4-5H2,(H,12,14,15). The first-order chi connectivity index (χ1) is 7.16. The van der Waals surface area contributed by atoms with Crippen LogP contribution in [0, 0.1) is 5.82 Å². The molecule has 2 heterocycles. The van der Waals surface area contributed by atoms with Crippen molar-refractivity contribution in [3.05, 3.63) is 29.8 Å². The Bertz CT molecular complexity index is 422.